The van der Waals surface area contributed by atoms with E-state index in [1.807, 2.05) is 42.7 Å². The van der Waals surface area contributed by atoms with E-state index in [9.17, 15) is 19.5 Å². The lowest BCUT2D eigenvalue weighted by Gasteiger charge is -2.21. The summed E-state index contributed by atoms with van der Waals surface area (Å²) in [6.07, 6.45) is 2.57. The zero-order valence-electron chi connectivity index (χ0n) is 19.1. The molecule has 0 spiro atoms. The SMILES string of the molecule is CSCCN(CC(=O)O)C(=O)c1ncccc1NC(=O)OCC1c2ccccc2-c2ccccc21. The van der Waals surface area contributed by atoms with Crippen molar-refractivity contribution in [3.05, 3.63) is 83.7 Å². The molecule has 180 valence electrons. The molecule has 4 rings (SSSR count). The highest BCUT2D eigenvalue weighted by Crippen LogP contribution is 2.44. The number of fused-ring (bicyclic) bond motifs is 3. The minimum atomic E-state index is -1.12. The maximum Gasteiger partial charge on any atom is 0.411 e. The number of nitrogens with zero attached hydrogens (tertiary/aromatic N) is 2. The van der Waals surface area contributed by atoms with Crippen molar-refractivity contribution >= 4 is 35.4 Å². The molecule has 3 aromatic rings. The van der Waals surface area contributed by atoms with Crippen molar-refractivity contribution in [3.8, 4) is 11.1 Å². The van der Waals surface area contributed by atoms with E-state index < -0.39 is 24.5 Å². The molecular weight excluding hydrogens is 466 g/mol. The number of anilines is 1. The highest BCUT2D eigenvalue weighted by Gasteiger charge is 2.29. The maximum atomic E-state index is 13.0. The number of carboxylic acid groups (broad SMARTS) is 1. The molecule has 2 N–H and O–H groups in total. The molecule has 1 aliphatic carbocycles. The molecule has 1 heterocycles. The Bertz CT molecular complexity index is 1200. The lowest BCUT2D eigenvalue weighted by atomic mass is 9.98. The summed E-state index contributed by atoms with van der Waals surface area (Å²) < 4.78 is 5.57. The lowest BCUT2D eigenvalue weighted by molar-refractivity contribution is -0.137. The maximum absolute atomic E-state index is 13.0. The van der Waals surface area contributed by atoms with Crippen molar-refractivity contribution in [3.63, 3.8) is 0 Å². The van der Waals surface area contributed by atoms with E-state index in [0.29, 0.717) is 5.75 Å². The van der Waals surface area contributed by atoms with E-state index in [1.54, 1.807) is 6.07 Å². The second-order valence-corrected chi connectivity index (χ2v) is 8.95. The zero-order chi connectivity index (χ0) is 24.8. The zero-order valence-corrected chi connectivity index (χ0v) is 20.0. The summed E-state index contributed by atoms with van der Waals surface area (Å²) in [5.74, 6) is -1.22. The Balaban J connectivity index is 1.47. The van der Waals surface area contributed by atoms with E-state index >= 15 is 0 Å². The molecule has 1 aliphatic rings. The molecule has 2 aromatic carbocycles. The van der Waals surface area contributed by atoms with Crippen LogP contribution in [0.15, 0.2) is 66.9 Å². The van der Waals surface area contributed by atoms with Crippen molar-refractivity contribution in [2.75, 3.05) is 37.0 Å². The van der Waals surface area contributed by atoms with Crippen molar-refractivity contribution < 1.29 is 24.2 Å². The van der Waals surface area contributed by atoms with Crippen molar-refractivity contribution in [1.29, 1.82) is 0 Å². The average molecular weight is 492 g/mol. The Labute approximate surface area is 207 Å². The van der Waals surface area contributed by atoms with Crippen LogP contribution in [-0.4, -0.2) is 64.7 Å². The molecule has 35 heavy (non-hydrogen) atoms. The van der Waals surface area contributed by atoms with Crippen LogP contribution >= 0.6 is 11.8 Å². The van der Waals surface area contributed by atoms with Crippen LogP contribution in [-0.2, 0) is 9.53 Å². The van der Waals surface area contributed by atoms with Crippen LogP contribution < -0.4 is 5.32 Å². The molecule has 0 bridgehead atoms. The first kappa shape index (κ1) is 24.3. The standard InChI is InChI=1S/C26H25N3O5S/c1-35-14-13-29(15-23(30)31)25(32)24-22(11-6-12-27-24)28-26(33)34-16-21-19-9-4-2-7-17(19)18-8-3-5-10-20(18)21/h2-12,21H,13-16H2,1H3,(H,28,33)(H,30,31). The molecule has 0 fully saturated rings. The summed E-state index contributed by atoms with van der Waals surface area (Å²) >= 11 is 1.50. The van der Waals surface area contributed by atoms with E-state index in [1.165, 1.54) is 28.9 Å². The van der Waals surface area contributed by atoms with Crippen LogP contribution in [0.1, 0.15) is 27.5 Å². The average Bonchev–Trinajstić information content (AvgIpc) is 3.19. The lowest BCUT2D eigenvalue weighted by Crippen LogP contribution is -2.38. The van der Waals surface area contributed by atoms with Crippen molar-refractivity contribution in [2.24, 2.45) is 0 Å². The van der Waals surface area contributed by atoms with Gasteiger partial charge in [-0.25, -0.2) is 9.78 Å². The number of carboxylic acids is 1. The van der Waals surface area contributed by atoms with Crippen molar-refractivity contribution in [1.82, 2.24) is 9.88 Å². The van der Waals surface area contributed by atoms with E-state index in [-0.39, 0.29) is 30.5 Å². The van der Waals surface area contributed by atoms with Crippen LogP contribution in [0.3, 0.4) is 0 Å². The molecule has 0 saturated carbocycles. The summed E-state index contributed by atoms with van der Waals surface area (Å²) in [5.41, 5.74) is 4.56. The molecule has 0 saturated heterocycles. The van der Waals surface area contributed by atoms with Gasteiger partial charge in [-0.2, -0.15) is 11.8 Å². The summed E-state index contributed by atoms with van der Waals surface area (Å²) in [4.78, 5) is 42.3. The van der Waals surface area contributed by atoms with Gasteiger partial charge in [-0.05, 0) is 40.6 Å². The predicted molar refractivity (Wildman–Crippen MR) is 135 cm³/mol. The number of thioether (sulfide) groups is 1. The number of aliphatic carboxylic acids is 1. The van der Waals surface area contributed by atoms with E-state index in [2.05, 4.69) is 22.4 Å². The van der Waals surface area contributed by atoms with Crippen molar-refractivity contribution in [2.45, 2.75) is 5.92 Å². The van der Waals surface area contributed by atoms with Crippen LogP contribution in [0.5, 0.6) is 0 Å². The molecule has 0 unspecified atom stereocenters. The summed E-state index contributed by atoms with van der Waals surface area (Å²) in [6, 6.07) is 19.2. The number of aromatic nitrogens is 1. The molecule has 8 nitrogen and oxygen atoms in total. The Kier molecular flexibility index (Phi) is 7.67. The van der Waals surface area contributed by atoms with Gasteiger partial charge in [0.1, 0.15) is 13.2 Å². The number of nitrogens with one attached hydrogen (secondary N) is 1. The first-order valence-electron chi connectivity index (χ1n) is 11.1. The van der Waals surface area contributed by atoms with Gasteiger partial charge in [0, 0.05) is 24.4 Å². The fourth-order valence-corrected chi connectivity index (χ4v) is 4.59. The number of rotatable bonds is 9. The number of hydrogen-bond acceptors (Lipinski definition) is 6. The van der Waals surface area contributed by atoms with Crippen LogP contribution in [0.25, 0.3) is 11.1 Å². The minimum absolute atomic E-state index is 0.0386. The Morgan fingerprint density at radius 1 is 1.03 bits per heavy atom. The molecule has 9 heteroatoms. The van der Waals surface area contributed by atoms with Crippen LogP contribution in [0.2, 0.25) is 0 Å². The quantitative estimate of drug-likeness (QED) is 0.458. The third kappa shape index (κ3) is 5.46. The smallest absolute Gasteiger partial charge is 0.411 e. The van der Waals surface area contributed by atoms with Gasteiger partial charge >= 0.3 is 12.1 Å². The first-order valence-corrected chi connectivity index (χ1v) is 12.5. The Morgan fingerprint density at radius 3 is 2.31 bits per heavy atom. The van der Waals surface area contributed by atoms with Crippen LogP contribution in [0, 0.1) is 0 Å². The highest BCUT2D eigenvalue weighted by atomic mass is 32.2. The number of ether oxygens (including phenoxy) is 1. The van der Waals surface area contributed by atoms with Gasteiger partial charge in [-0.1, -0.05) is 48.5 Å². The number of carbonyl (C=O) groups is 3. The van der Waals surface area contributed by atoms with Gasteiger partial charge in [-0.3, -0.25) is 14.9 Å². The third-order valence-corrected chi connectivity index (χ3v) is 6.36. The summed E-state index contributed by atoms with van der Waals surface area (Å²) in [6.45, 7) is -0.0874. The van der Waals surface area contributed by atoms with E-state index in [0.717, 1.165) is 22.3 Å². The normalized spacial score (nSPS) is 11.9. The summed E-state index contributed by atoms with van der Waals surface area (Å²) in [7, 11) is 0. The van der Waals surface area contributed by atoms with Gasteiger partial charge < -0.3 is 14.7 Å². The molecule has 0 aliphatic heterocycles. The third-order valence-electron chi connectivity index (χ3n) is 5.77. The number of carbonyl (C=O) groups excluding carboxylic acids is 2. The van der Waals surface area contributed by atoms with Gasteiger partial charge in [0.15, 0.2) is 5.69 Å². The molecule has 2 amide bonds. The Morgan fingerprint density at radius 2 is 1.69 bits per heavy atom. The first-order chi connectivity index (χ1) is 17.0. The largest absolute Gasteiger partial charge is 0.480 e. The number of benzene rings is 2. The number of pyridine rings is 1. The van der Waals surface area contributed by atoms with Gasteiger partial charge in [-0.15, -0.1) is 0 Å². The van der Waals surface area contributed by atoms with Crippen LogP contribution in [0.4, 0.5) is 10.5 Å². The van der Waals surface area contributed by atoms with E-state index in [4.69, 9.17) is 4.74 Å². The molecular formula is C26H25N3O5S. The number of hydrogen-bond donors (Lipinski definition) is 2. The highest BCUT2D eigenvalue weighted by molar-refractivity contribution is 7.98. The topological polar surface area (TPSA) is 109 Å². The van der Waals surface area contributed by atoms with Gasteiger partial charge in [0.05, 0.1) is 5.69 Å². The van der Waals surface area contributed by atoms with Gasteiger partial charge in [0.25, 0.3) is 5.91 Å². The monoisotopic (exact) mass is 491 g/mol. The molecule has 0 atom stereocenters. The van der Waals surface area contributed by atoms with Gasteiger partial charge in [0.2, 0.25) is 0 Å². The molecule has 1 aromatic heterocycles. The second-order valence-electron chi connectivity index (χ2n) is 7.96. The Hall–Kier alpha value is -3.85. The fraction of sp³-hybridized carbons (Fsp3) is 0.231. The summed E-state index contributed by atoms with van der Waals surface area (Å²) in [5, 5.41) is 11.8. The molecule has 0 radical (unpaired) electrons. The fourth-order valence-electron chi connectivity index (χ4n) is 4.19. The minimum Gasteiger partial charge on any atom is -0.480 e. The predicted octanol–water partition coefficient (Wildman–Crippen LogP) is 4.33. The second kappa shape index (κ2) is 11.1. The number of amides is 2.